The maximum absolute atomic E-state index is 9.31. The van der Waals surface area contributed by atoms with Crippen LogP contribution in [0, 0.1) is 17.2 Å². The third-order valence-electron chi connectivity index (χ3n) is 4.94. The molecule has 0 spiro atoms. The maximum Gasteiger partial charge on any atom is 0.237 e. The summed E-state index contributed by atoms with van der Waals surface area (Å²) in [5.74, 6) is 1.83. The topological polar surface area (TPSA) is 71.3 Å². The normalized spacial score (nSPS) is 18.4. The SMILES string of the molecule is CC(C)(C)Oc1nccnc1CN1CCC(COC2=C(C#N)CC=CC=C2)CC1. The summed E-state index contributed by atoms with van der Waals surface area (Å²) in [5, 5.41) is 9.31. The first-order valence-corrected chi connectivity index (χ1v) is 10.2. The summed E-state index contributed by atoms with van der Waals surface area (Å²) in [6.07, 6.45) is 13.9. The largest absolute Gasteiger partial charge is 0.492 e. The Kier molecular flexibility index (Phi) is 7.05. The number of likely N-dealkylation sites (tertiary alicyclic amines) is 1. The number of ether oxygens (including phenoxy) is 2. The first-order chi connectivity index (χ1) is 13.9. The summed E-state index contributed by atoms with van der Waals surface area (Å²) in [6.45, 7) is 9.42. The van der Waals surface area contributed by atoms with Gasteiger partial charge in [-0.2, -0.15) is 5.26 Å². The van der Waals surface area contributed by atoms with E-state index in [2.05, 4.69) is 20.9 Å². The van der Waals surface area contributed by atoms with Gasteiger partial charge < -0.3 is 9.47 Å². The van der Waals surface area contributed by atoms with E-state index in [0.717, 1.165) is 38.2 Å². The Labute approximate surface area is 173 Å². The van der Waals surface area contributed by atoms with Crippen LogP contribution in [0.3, 0.4) is 0 Å². The van der Waals surface area contributed by atoms with E-state index in [9.17, 15) is 5.26 Å². The van der Waals surface area contributed by atoms with Crippen LogP contribution in [0.2, 0.25) is 0 Å². The lowest BCUT2D eigenvalue weighted by molar-refractivity contribution is 0.0999. The molecule has 0 unspecified atom stereocenters. The van der Waals surface area contributed by atoms with Crippen LogP contribution in [0.15, 0.2) is 48.0 Å². The highest BCUT2D eigenvalue weighted by molar-refractivity contribution is 5.36. The third kappa shape index (κ3) is 6.43. The Bertz CT molecular complexity index is 822. The zero-order chi connectivity index (χ0) is 20.7. The summed E-state index contributed by atoms with van der Waals surface area (Å²) < 4.78 is 12.0. The average Bonchev–Trinajstić information content (AvgIpc) is 2.93. The number of aromatic nitrogens is 2. The van der Waals surface area contributed by atoms with E-state index in [1.165, 1.54) is 0 Å². The van der Waals surface area contributed by atoms with Gasteiger partial charge in [-0.25, -0.2) is 4.98 Å². The van der Waals surface area contributed by atoms with Crippen molar-refractivity contribution in [3.05, 3.63) is 53.7 Å². The molecule has 0 saturated carbocycles. The van der Waals surface area contributed by atoms with Crippen molar-refractivity contribution in [1.29, 1.82) is 5.26 Å². The van der Waals surface area contributed by atoms with Crippen LogP contribution in [-0.4, -0.2) is 40.2 Å². The summed E-state index contributed by atoms with van der Waals surface area (Å²) in [6, 6.07) is 2.26. The van der Waals surface area contributed by atoms with Crippen LogP contribution in [0.5, 0.6) is 5.88 Å². The van der Waals surface area contributed by atoms with Crippen molar-refractivity contribution in [3.63, 3.8) is 0 Å². The molecule has 0 radical (unpaired) electrons. The van der Waals surface area contributed by atoms with Crippen molar-refractivity contribution in [2.45, 2.75) is 52.2 Å². The monoisotopic (exact) mass is 394 g/mol. The van der Waals surface area contributed by atoms with Gasteiger partial charge in [0.05, 0.1) is 18.2 Å². The Morgan fingerprint density at radius 1 is 1.17 bits per heavy atom. The van der Waals surface area contributed by atoms with Gasteiger partial charge in [0.2, 0.25) is 5.88 Å². The minimum absolute atomic E-state index is 0.298. The molecule has 1 fully saturated rings. The number of nitriles is 1. The molecular formula is C23H30N4O2. The van der Waals surface area contributed by atoms with E-state index in [4.69, 9.17) is 9.47 Å². The smallest absolute Gasteiger partial charge is 0.237 e. The Morgan fingerprint density at radius 2 is 1.93 bits per heavy atom. The molecule has 154 valence electrons. The molecule has 2 heterocycles. The fourth-order valence-corrected chi connectivity index (χ4v) is 3.41. The molecule has 1 aliphatic heterocycles. The number of allylic oxidation sites excluding steroid dienone is 5. The minimum Gasteiger partial charge on any atom is -0.492 e. The Morgan fingerprint density at radius 3 is 2.66 bits per heavy atom. The van der Waals surface area contributed by atoms with Crippen LogP contribution in [0.25, 0.3) is 0 Å². The number of piperidine rings is 1. The molecule has 6 nitrogen and oxygen atoms in total. The highest BCUT2D eigenvalue weighted by atomic mass is 16.5. The molecule has 0 atom stereocenters. The first kappa shape index (κ1) is 21.1. The van der Waals surface area contributed by atoms with Gasteiger partial charge in [0, 0.05) is 25.4 Å². The second-order valence-electron chi connectivity index (χ2n) is 8.50. The molecule has 0 amide bonds. The molecule has 0 aromatic carbocycles. The second kappa shape index (κ2) is 9.71. The lowest BCUT2D eigenvalue weighted by atomic mass is 9.97. The lowest BCUT2D eigenvalue weighted by Crippen LogP contribution is -2.35. The molecule has 3 rings (SSSR count). The van der Waals surface area contributed by atoms with Crippen molar-refractivity contribution >= 4 is 0 Å². The van der Waals surface area contributed by atoms with Crippen LogP contribution in [0.1, 0.15) is 45.7 Å². The second-order valence-corrected chi connectivity index (χ2v) is 8.50. The van der Waals surface area contributed by atoms with Crippen LogP contribution >= 0.6 is 0 Å². The molecular weight excluding hydrogens is 364 g/mol. The standard InChI is InChI=1S/C23H30N4O2/c1-23(2,3)29-22-20(25-11-12-26-22)16-27-13-9-18(10-14-27)17-28-21-8-6-4-5-7-19(21)15-24/h4-6,8,11-12,18H,7,9-10,13-14,16-17H2,1-3H3. The van der Waals surface area contributed by atoms with E-state index in [0.29, 0.717) is 36.2 Å². The van der Waals surface area contributed by atoms with E-state index in [1.807, 2.05) is 45.1 Å². The summed E-state index contributed by atoms with van der Waals surface area (Å²) in [4.78, 5) is 11.3. The van der Waals surface area contributed by atoms with Crippen LogP contribution < -0.4 is 4.74 Å². The maximum atomic E-state index is 9.31. The molecule has 2 aliphatic rings. The number of nitrogens with zero attached hydrogens (tertiary/aromatic N) is 4. The first-order valence-electron chi connectivity index (χ1n) is 10.2. The molecule has 1 aliphatic carbocycles. The Balaban J connectivity index is 1.50. The fourth-order valence-electron chi connectivity index (χ4n) is 3.41. The van der Waals surface area contributed by atoms with Crippen molar-refractivity contribution in [2.75, 3.05) is 19.7 Å². The number of hydrogen-bond donors (Lipinski definition) is 0. The van der Waals surface area contributed by atoms with Gasteiger partial charge in [-0.1, -0.05) is 18.2 Å². The van der Waals surface area contributed by atoms with Crippen molar-refractivity contribution in [1.82, 2.24) is 14.9 Å². The predicted octanol–water partition coefficient (Wildman–Crippen LogP) is 4.18. The van der Waals surface area contributed by atoms with Crippen LogP contribution in [-0.2, 0) is 11.3 Å². The summed E-state index contributed by atoms with van der Waals surface area (Å²) >= 11 is 0. The van der Waals surface area contributed by atoms with Gasteiger partial charge in [0.15, 0.2) is 0 Å². The lowest BCUT2D eigenvalue weighted by Gasteiger charge is -2.32. The minimum atomic E-state index is -0.298. The number of hydrogen-bond acceptors (Lipinski definition) is 6. The molecule has 6 heteroatoms. The average molecular weight is 395 g/mol. The van der Waals surface area contributed by atoms with Gasteiger partial charge in [-0.05, 0) is 58.7 Å². The van der Waals surface area contributed by atoms with Crippen molar-refractivity contribution in [2.24, 2.45) is 5.92 Å². The third-order valence-corrected chi connectivity index (χ3v) is 4.94. The number of rotatable bonds is 6. The molecule has 1 aromatic rings. The van der Waals surface area contributed by atoms with E-state index >= 15 is 0 Å². The van der Waals surface area contributed by atoms with E-state index in [1.54, 1.807) is 12.4 Å². The molecule has 1 saturated heterocycles. The van der Waals surface area contributed by atoms with E-state index in [-0.39, 0.29) is 5.60 Å². The van der Waals surface area contributed by atoms with Crippen molar-refractivity contribution in [3.8, 4) is 11.9 Å². The van der Waals surface area contributed by atoms with Gasteiger partial charge in [-0.15, -0.1) is 0 Å². The summed E-state index contributed by atoms with van der Waals surface area (Å²) in [5.41, 5.74) is 1.28. The van der Waals surface area contributed by atoms with E-state index < -0.39 is 0 Å². The fraction of sp³-hybridized carbons (Fsp3) is 0.522. The molecule has 1 aromatic heterocycles. The predicted molar refractivity (Wildman–Crippen MR) is 112 cm³/mol. The highest BCUT2D eigenvalue weighted by Gasteiger charge is 2.23. The van der Waals surface area contributed by atoms with Gasteiger partial charge in [-0.3, -0.25) is 9.88 Å². The zero-order valence-corrected chi connectivity index (χ0v) is 17.6. The highest BCUT2D eigenvalue weighted by Crippen LogP contribution is 2.25. The summed E-state index contributed by atoms with van der Waals surface area (Å²) in [7, 11) is 0. The Hall–Kier alpha value is -2.65. The molecule has 0 bridgehead atoms. The zero-order valence-electron chi connectivity index (χ0n) is 17.6. The van der Waals surface area contributed by atoms with Gasteiger partial charge in [0.1, 0.15) is 17.1 Å². The molecule has 0 N–H and O–H groups in total. The van der Waals surface area contributed by atoms with Crippen molar-refractivity contribution < 1.29 is 9.47 Å². The van der Waals surface area contributed by atoms with Gasteiger partial charge in [0.25, 0.3) is 0 Å². The van der Waals surface area contributed by atoms with Gasteiger partial charge >= 0.3 is 0 Å². The quantitative estimate of drug-likeness (QED) is 0.721. The van der Waals surface area contributed by atoms with Crippen LogP contribution in [0.4, 0.5) is 0 Å². The molecule has 29 heavy (non-hydrogen) atoms.